The van der Waals surface area contributed by atoms with Gasteiger partial charge in [0.1, 0.15) is 0 Å². The Hall–Kier alpha value is 0.270. The van der Waals surface area contributed by atoms with Crippen molar-refractivity contribution >= 4 is 11.8 Å². The molecule has 0 aromatic rings. The minimum atomic E-state index is 0.0394. The Morgan fingerprint density at radius 1 is 1.64 bits per heavy atom. The van der Waals surface area contributed by atoms with Crippen molar-refractivity contribution in [2.45, 2.75) is 25.3 Å². The Morgan fingerprint density at radius 3 is 2.91 bits per heavy atom. The van der Waals surface area contributed by atoms with Gasteiger partial charge in [0.15, 0.2) is 0 Å². The molecule has 2 nitrogen and oxygen atoms in total. The number of aliphatic hydroxyl groups excluding tert-OH is 1. The van der Waals surface area contributed by atoms with Gasteiger partial charge in [-0.25, -0.2) is 0 Å². The van der Waals surface area contributed by atoms with Crippen LogP contribution in [0.25, 0.3) is 0 Å². The third kappa shape index (κ3) is 2.36. The van der Waals surface area contributed by atoms with E-state index in [1.165, 1.54) is 12.2 Å². The summed E-state index contributed by atoms with van der Waals surface area (Å²) in [4.78, 5) is 0. The molecule has 0 bridgehead atoms. The van der Waals surface area contributed by atoms with Gasteiger partial charge in [0.2, 0.25) is 0 Å². The second kappa shape index (κ2) is 4.33. The highest BCUT2D eigenvalue weighted by Gasteiger charge is 2.30. The average Bonchev–Trinajstić information content (AvgIpc) is 2.07. The fourth-order valence-corrected chi connectivity index (χ4v) is 2.77. The summed E-state index contributed by atoms with van der Waals surface area (Å²) < 4.78 is 0. The Morgan fingerprint density at radius 2 is 2.45 bits per heavy atom. The van der Waals surface area contributed by atoms with Gasteiger partial charge in [-0.3, -0.25) is 0 Å². The summed E-state index contributed by atoms with van der Waals surface area (Å²) >= 11 is 1.94. The Kier molecular flexibility index (Phi) is 3.69. The van der Waals surface area contributed by atoms with Crippen LogP contribution in [0.2, 0.25) is 0 Å². The molecule has 1 atom stereocenters. The van der Waals surface area contributed by atoms with Gasteiger partial charge in [0, 0.05) is 5.75 Å². The summed E-state index contributed by atoms with van der Waals surface area (Å²) in [5.74, 6) is 2.32. The lowest BCUT2D eigenvalue weighted by Gasteiger charge is -2.35. The SMILES string of the molecule is CCNC1(CO)CCCSC1. The molecule has 1 rings (SSSR count). The van der Waals surface area contributed by atoms with Crippen LogP contribution in [0.4, 0.5) is 0 Å². The van der Waals surface area contributed by atoms with Crippen LogP contribution in [0.15, 0.2) is 0 Å². The molecule has 3 heteroatoms. The molecule has 11 heavy (non-hydrogen) atoms. The maximum atomic E-state index is 9.20. The number of hydrogen-bond acceptors (Lipinski definition) is 3. The second-order valence-electron chi connectivity index (χ2n) is 3.12. The molecule has 0 aromatic heterocycles. The van der Waals surface area contributed by atoms with E-state index in [9.17, 15) is 5.11 Å². The Labute approximate surface area is 72.8 Å². The lowest BCUT2D eigenvalue weighted by molar-refractivity contribution is 0.168. The third-order valence-corrected chi connectivity index (χ3v) is 3.51. The number of thioether (sulfide) groups is 1. The number of nitrogens with one attached hydrogen (secondary N) is 1. The molecule has 1 heterocycles. The molecule has 1 aliphatic rings. The average molecular weight is 175 g/mol. The van der Waals surface area contributed by atoms with Crippen molar-refractivity contribution in [1.82, 2.24) is 5.32 Å². The summed E-state index contributed by atoms with van der Waals surface area (Å²) in [6, 6.07) is 0. The number of aliphatic hydroxyl groups is 1. The molecule has 2 N–H and O–H groups in total. The fraction of sp³-hybridized carbons (Fsp3) is 1.00. The van der Waals surface area contributed by atoms with Crippen LogP contribution in [-0.4, -0.2) is 35.3 Å². The largest absolute Gasteiger partial charge is 0.394 e. The minimum Gasteiger partial charge on any atom is -0.394 e. The normalized spacial score (nSPS) is 32.2. The number of rotatable bonds is 3. The molecule has 0 aliphatic carbocycles. The summed E-state index contributed by atoms with van der Waals surface area (Å²) in [6.45, 7) is 3.34. The highest BCUT2D eigenvalue weighted by Crippen LogP contribution is 2.25. The van der Waals surface area contributed by atoms with Crippen LogP contribution in [0, 0.1) is 0 Å². The topological polar surface area (TPSA) is 32.3 Å². The van der Waals surface area contributed by atoms with E-state index in [1.54, 1.807) is 0 Å². The zero-order valence-corrected chi connectivity index (χ0v) is 7.91. The molecule has 1 saturated heterocycles. The van der Waals surface area contributed by atoms with Gasteiger partial charge in [-0.15, -0.1) is 0 Å². The van der Waals surface area contributed by atoms with Crippen LogP contribution in [0.3, 0.4) is 0 Å². The smallest absolute Gasteiger partial charge is 0.0621 e. The zero-order chi connectivity index (χ0) is 8.16. The van der Waals surface area contributed by atoms with E-state index >= 15 is 0 Å². The number of hydrogen-bond donors (Lipinski definition) is 2. The van der Waals surface area contributed by atoms with Gasteiger partial charge in [0.05, 0.1) is 12.1 Å². The molecule has 0 radical (unpaired) electrons. The molecule has 0 spiro atoms. The van der Waals surface area contributed by atoms with Crippen molar-refractivity contribution in [3.63, 3.8) is 0 Å². The first kappa shape index (κ1) is 9.36. The van der Waals surface area contributed by atoms with Crippen LogP contribution < -0.4 is 5.32 Å². The zero-order valence-electron chi connectivity index (χ0n) is 7.10. The molecule has 0 amide bonds. The highest BCUT2D eigenvalue weighted by atomic mass is 32.2. The lowest BCUT2D eigenvalue weighted by Crippen LogP contribution is -2.52. The van der Waals surface area contributed by atoms with Crippen molar-refractivity contribution in [2.24, 2.45) is 0 Å². The van der Waals surface area contributed by atoms with Crippen LogP contribution in [0.5, 0.6) is 0 Å². The van der Waals surface area contributed by atoms with Gasteiger partial charge in [-0.05, 0) is 25.1 Å². The molecule has 0 saturated carbocycles. The van der Waals surface area contributed by atoms with Crippen LogP contribution >= 0.6 is 11.8 Å². The Bertz CT molecular complexity index is 107. The predicted octanol–water partition coefficient (Wildman–Crippen LogP) is 0.854. The summed E-state index contributed by atoms with van der Waals surface area (Å²) in [5.41, 5.74) is 0.0394. The maximum Gasteiger partial charge on any atom is 0.0621 e. The second-order valence-corrected chi connectivity index (χ2v) is 4.23. The van der Waals surface area contributed by atoms with E-state index in [1.807, 2.05) is 11.8 Å². The van der Waals surface area contributed by atoms with E-state index in [-0.39, 0.29) is 12.1 Å². The van der Waals surface area contributed by atoms with E-state index < -0.39 is 0 Å². The van der Waals surface area contributed by atoms with Crippen molar-refractivity contribution in [3.8, 4) is 0 Å². The molecular formula is C8H17NOS. The number of likely N-dealkylation sites (N-methyl/N-ethyl adjacent to an activating group) is 1. The van der Waals surface area contributed by atoms with Gasteiger partial charge < -0.3 is 10.4 Å². The quantitative estimate of drug-likeness (QED) is 0.667. The molecule has 1 aliphatic heterocycles. The van der Waals surface area contributed by atoms with E-state index in [4.69, 9.17) is 0 Å². The monoisotopic (exact) mass is 175 g/mol. The summed E-state index contributed by atoms with van der Waals surface area (Å²) in [6.07, 6.45) is 2.36. The predicted molar refractivity (Wildman–Crippen MR) is 50.1 cm³/mol. The first-order valence-electron chi connectivity index (χ1n) is 4.26. The van der Waals surface area contributed by atoms with Gasteiger partial charge >= 0.3 is 0 Å². The van der Waals surface area contributed by atoms with Crippen LogP contribution in [0.1, 0.15) is 19.8 Å². The molecule has 66 valence electrons. The summed E-state index contributed by atoms with van der Waals surface area (Å²) in [7, 11) is 0. The fourth-order valence-electron chi connectivity index (χ4n) is 1.55. The van der Waals surface area contributed by atoms with Crippen molar-refractivity contribution in [1.29, 1.82) is 0 Å². The molecule has 0 aromatic carbocycles. The third-order valence-electron chi connectivity index (χ3n) is 2.18. The standard InChI is InChI=1S/C8H17NOS/c1-2-9-8(6-10)4-3-5-11-7-8/h9-10H,2-7H2,1H3. The molecule has 1 unspecified atom stereocenters. The maximum absolute atomic E-state index is 9.20. The highest BCUT2D eigenvalue weighted by molar-refractivity contribution is 7.99. The summed E-state index contributed by atoms with van der Waals surface area (Å²) in [5, 5.41) is 12.6. The first-order valence-corrected chi connectivity index (χ1v) is 5.42. The van der Waals surface area contributed by atoms with Gasteiger partial charge in [-0.2, -0.15) is 11.8 Å². The van der Waals surface area contributed by atoms with E-state index in [2.05, 4.69) is 12.2 Å². The molecular weight excluding hydrogens is 158 g/mol. The molecule has 1 fully saturated rings. The van der Waals surface area contributed by atoms with Crippen LogP contribution in [-0.2, 0) is 0 Å². The minimum absolute atomic E-state index is 0.0394. The van der Waals surface area contributed by atoms with Crippen molar-refractivity contribution in [3.05, 3.63) is 0 Å². The van der Waals surface area contributed by atoms with Gasteiger partial charge in [-0.1, -0.05) is 6.92 Å². The van der Waals surface area contributed by atoms with Crippen molar-refractivity contribution < 1.29 is 5.11 Å². The van der Waals surface area contributed by atoms with E-state index in [0.717, 1.165) is 18.7 Å². The first-order chi connectivity index (χ1) is 5.33. The van der Waals surface area contributed by atoms with Crippen molar-refractivity contribution in [2.75, 3.05) is 24.7 Å². The Balaban J connectivity index is 2.42. The lowest BCUT2D eigenvalue weighted by atomic mass is 9.96. The van der Waals surface area contributed by atoms with Gasteiger partial charge in [0.25, 0.3) is 0 Å². The van der Waals surface area contributed by atoms with E-state index in [0.29, 0.717) is 0 Å².